The van der Waals surface area contributed by atoms with Crippen molar-refractivity contribution in [3.8, 4) is 11.5 Å². The zero-order valence-electron chi connectivity index (χ0n) is 9.16. The van der Waals surface area contributed by atoms with Crippen molar-refractivity contribution < 1.29 is 9.84 Å². The van der Waals surface area contributed by atoms with E-state index in [1.807, 2.05) is 6.07 Å². The number of phenols is 1. The lowest BCUT2D eigenvalue weighted by molar-refractivity contribution is 0.372. The van der Waals surface area contributed by atoms with Gasteiger partial charge in [-0.05, 0) is 28.1 Å². The number of anilines is 1. The number of rotatable bonds is 2. The van der Waals surface area contributed by atoms with Crippen LogP contribution in [0.3, 0.4) is 0 Å². The van der Waals surface area contributed by atoms with E-state index in [2.05, 4.69) is 26.1 Å². The highest BCUT2D eigenvalue weighted by molar-refractivity contribution is 9.10. The van der Waals surface area contributed by atoms with Crippen LogP contribution in [0.1, 0.15) is 0 Å². The molecule has 0 atom stereocenters. The van der Waals surface area contributed by atoms with Gasteiger partial charge in [-0.15, -0.1) is 0 Å². The van der Waals surface area contributed by atoms with E-state index in [1.165, 1.54) is 0 Å². The zero-order valence-corrected chi connectivity index (χ0v) is 10.7. The number of benzene rings is 1. The Labute approximate surface area is 103 Å². The number of ether oxygens (including phenoxy) is 1. The molecule has 1 aromatic carbocycles. The van der Waals surface area contributed by atoms with Crippen LogP contribution < -0.4 is 15.0 Å². The highest BCUT2D eigenvalue weighted by atomic mass is 79.9. The average Bonchev–Trinajstić information content (AvgIpc) is 2.34. The van der Waals surface area contributed by atoms with E-state index in [1.54, 1.807) is 13.2 Å². The molecule has 0 saturated carbocycles. The molecule has 1 saturated heterocycles. The van der Waals surface area contributed by atoms with Gasteiger partial charge >= 0.3 is 0 Å². The van der Waals surface area contributed by atoms with Crippen molar-refractivity contribution in [3.05, 3.63) is 16.6 Å². The normalized spacial score (nSPS) is 16.2. The monoisotopic (exact) mass is 286 g/mol. The van der Waals surface area contributed by atoms with Crippen LogP contribution in [0.4, 0.5) is 5.69 Å². The number of phenolic OH excluding ortho intramolecular Hbond substituents is 1. The molecule has 1 fully saturated rings. The summed E-state index contributed by atoms with van der Waals surface area (Å²) in [5, 5.41) is 13.2. The average molecular weight is 287 g/mol. The predicted molar refractivity (Wildman–Crippen MR) is 67.4 cm³/mol. The van der Waals surface area contributed by atoms with Crippen molar-refractivity contribution in [2.45, 2.75) is 0 Å². The lowest BCUT2D eigenvalue weighted by atomic mass is 10.2. The SMILES string of the molecule is COc1ccc(N2CCNCC2)c(Br)c1O. The second-order valence-electron chi connectivity index (χ2n) is 3.69. The zero-order chi connectivity index (χ0) is 11.5. The fourth-order valence-electron chi connectivity index (χ4n) is 1.85. The lowest BCUT2D eigenvalue weighted by Gasteiger charge is -2.30. The maximum absolute atomic E-state index is 9.89. The van der Waals surface area contributed by atoms with Crippen LogP contribution in [-0.4, -0.2) is 38.4 Å². The summed E-state index contributed by atoms with van der Waals surface area (Å²) in [6.45, 7) is 3.84. The van der Waals surface area contributed by atoms with Crippen LogP contribution in [0.25, 0.3) is 0 Å². The van der Waals surface area contributed by atoms with Crippen LogP contribution in [0, 0.1) is 0 Å². The molecule has 2 N–H and O–H groups in total. The van der Waals surface area contributed by atoms with E-state index in [-0.39, 0.29) is 5.75 Å². The van der Waals surface area contributed by atoms with E-state index in [0.29, 0.717) is 10.2 Å². The molecule has 0 unspecified atom stereocenters. The minimum atomic E-state index is 0.165. The van der Waals surface area contributed by atoms with Crippen molar-refractivity contribution in [1.29, 1.82) is 0 Å². The van der Waals surface area contributed by atoms with Crippen LogP contribution in [0.5, 0.6) is 11.5 Å². The molecule has 16 heavy (non-hydrogen) atoms. The summed E-state index contributed by atoms with van der Waals surface area (Å²) in [7, 11) is 1.55. The quantitative estimate of drug-likeness (QED) is 0.866. The number of aromatic hydroxyl groups is 1. The summed E-state index contributed by atoms with van der Waals surface area (Å²) < 4.78 is 5.76. The second kappa shape index (κ2) is 4.93. The Balaban J connectivity index is 2.30. The third kappa shape index (κ3) is 2.10. The summed E-state index contributed by atoms with van der Waals surface area (Å²) in [6, 6.07) is 3.76. The molecule has 2 rings (SSSR count). The van der Waals surface area contributed by atoms with Gasteiger partial charge in [0.2, 0.25) is 0 Å². The Bertz CT molecular complexity index is 378. The highest BCUT2D eigenvalue weighted by Gasteiger charge is 2.17. The molecule has 1 aliphatic rings. The number of methoxy groups -OCH3 is 1. The van der Waals surface area contributed by atoms with Gasteiger partial charge in [-0.3, -0.25) is 0 Å². The first-order chi connectivity index (χ1) is 7.74. The first kappa shape index (κ1) is 11.5. The standard InChI is InChI=1S/C11H15BrN2O2/c1-16-9-3-2-8(10(12)11(9)15)14-6-4-13-5-7-14/h2-3,13,15H,4-7H2,1H3. The second-order valence-corrected chi connectivity index (χ2v) is 4.48. The molecule has 0 radical (unpaired) electrons. The molecule has 0 bridgehead atoms. The minimum absolute atomic E-state index is 0.165. The van der Waals surface area contributed by atoms with Gasteiger partial charge in [0.25, 0.3) is 0 Å². The summed E-state index contributed by atoms with van der Waals surface area (Å²) in [5.74, 6) is 0.657. The summed E-state index contributed by atoms with van der Waals surface area (Å²) in [4.78, 5) is 2.24. The largest absolute Gasteiger partial charge is 0.503 e. The Kier molecular flexibility index (Phi) is 3.56. The molecule has 1 aromatic rings. The number of hydrogen-bond acceptors (Lipinski definition) is 4. The van der Waals surface area contributed by atoms with Crippen LogP contribution in [0.15, 0.2) is 16.6 Å². The van der Waals surface area contributed by atoms with E-state index in [9.17, 15) is 5.11 Å². The molecule has 0 spiro atoms. The van der Waals surface area contributed by atoms with Crippen molar-refractivity contribution in [2.75, 3.05) is 38.2 Å². The molecule has 5 heteroatoms. The van der Waals surface area contributed by atoms with Crippen molar-refractivity contribution in [1.82, 2.24) is 5.32 Å². The highest BCUT2D eigenvalue weighted by Crippen LogP contribution is 2.40. The van der Waals surface area contributed by atoms with E-state index < -0.39 is 0 Å². The van der Waals surface area contributed by atoms with E-state index in [4.69, 9.17) is 4.74 Å². The molecule has 0 aliphatic carbocycles. The van der Waals surface area contributed by atoms with Gasteiger partial charge in [-0.1, -0.05) is 0 Å². The number of piperazine rings is 1. The van der Waals surface area contributed by atoms with E-state index in [0.717, 1.165) is 31.9 Å². The Morgan fingerprint density at radius 3 is 2.69 bits per heavy atom. The third-order valence-corrected chi connectivity index (χ3v) is 3.52. The molecular weight excluding hydrogens is 272 g/mol. The van der Waals surface area contributed by atoms with Crippen molar-refractivity contribution in [3.63, 3.8) is 0 Å². The molecule has 0 amide bonds. The van der Waals surface area contributed by atoms with Crippen LogP contribution >= 0.6 is 15.9 Å². The molecule has 4 nitrogen and oxygen atoms in total. The van der Waals surface area contributed by atoms with Crippen LogP contribution in [0.2, 0.25) is 0 Å². The fourth-order valence-corrected chi connectivity index (χ4v) is 2.43. The van der Waals surface area contributed by atoms with E-state index >= 15 is 0 Å². The topological polar surface area (TPSA) is 44.7 Å². The predicted octanol–water partition coefficient (Wildman–Crippen LogP) is 1.57. The first-order valence-corrected chi connectivity index (χ1v) is 6.04. The van der Waals surface area contributed by atoms with Crippen molar-refractivity contribution >= 4 is 21.6 Å². The number of nitrogens with one attached hydrogen (secondary N) is 1. The molecular formula is C11H15BrN2O2. The van der Waals surface area contributed by atoms with Gasteiger partial charge in [0.05, 0.1) is 17.3 Å². The van der Waals surface area contributed by atoms with Gasteiger partial charge < -0.3 is 20.1 Å². The van der Waals surface area contributed by atoms with Gasteiger partial charge in [0.1, 0.15) is 0 Å². The van der Waals surface area contributed by atoms with Gasteiger partial charge in [-0.2, -0.15) is 0 Å². The maximum Gasteiger partial charge on any atom is 0.174 e. The molecule has 1 heterocycles. The Morgan fingerprint density at radius 1 is 1.38 bits per heavy atom. The van der Waals surface area contributed by atoms with Gasteiger partial charge in [0, 0.05) is 26.2 Å². The molecule has 88 valence electrons. The lowest BCUT2D eigenvalue weighted by Crippen LogP contribution is -2.43. The number of nitrogens with zero attached hydrogens (tertiary/aromatic N) is 1. The number of hydrogen-bond donors (Lipinski definition) is 2. The van der Waals surface area contributed by atoms with Gasteiger partial charge in [0.15, 0.2) is 11.5 Å². The summed E-state index contributed by atoms with van der Waals surface area (Å²) in [6.07, 6.45) is 0. The minimum Gasteiger partial charge on any atom is -0.503 e. The Morgan fingerprint density at radius 2 is 2.06 bits per heavy atom. The first-order valence-electron chi connectivity index (χ1n) is 5.25. The van der Waals surface area contributed by atoms with Gasteiger partial charge in [-0.25, -0.2) is 0 Å². The Hall–Kier alpha value is -0.940. The summed E-state index contributed by atoms with van der Waals surface area (Å²) >= 11 is 3.42. The molecule has 0 aromatic heterocycles. The smallest absolute Gasteiger partial charge is 0.174 e. The van der Waals surface area contributed by atoms with Crippen molar-refractivity contribution in [2.24, 2.45) is 0 Å². The molecule has 1 aliphatic heterocycles. The summed E-state index contributed by atoms with van der Waals surface area (Å²) in [5.41, 5.74) is 1.01. The maximum atomic E-state index is 9.89. The fraction of sp³-hybridized carbons (Fsp3) is 0.455. The number of halogens is 1. The van der Waals surface area contributed by atoms with Crippen LogP contribution in [-0.2, 0) is 0 Å². The third-order valence-electron chi connectivity index (χ3n) is 2.74.